The first-order valence-electron chi connectivity index (χ1n) is 9.15. The monoisotopic (exact) mass is 440 g/mol. The number of hydrogen-bond donors (Lipinski definition) is 2. The zero-order valence-corrected chi connectivity index (χ0v) is 16.7. The second kappa shape index (κ2) is 7.88. The second-order valence-corrected chi connectivity index (χ2v) is 7.66. The van der Waals surface area contributed by atoms with Crippen LogP contribution in [0, 0.1) is 0 Å². The lowest BCUT2D eigenvalue weighted by Crippen LogP contribution is -2.11. The van der Waals surface area contributed by atoms with E-state index < -0.39 is 23.3 Å². The Morgan fingerprint density at radius 2 is 1.55 bits per heavy atom. The van der Waals surface area contributed by atoms with Crippen molar-refractivity contribution in [1.82, 2.24) is 4.98 Å². The molecule has 0 atom stereocenters. The number of carbonyl (C=O) groups is 2. The molecule has 2 aromatic heterocycles. The topological polar surface area (TPSA) is 76.0 Å². The molecule has 2 heterocycles. The number of halogens is 3. The maximum atomic E-state index is 13.8. The molecule has 8 heteroatoms. The highest BCUT2D eigenvalue weighted by atomic mass is 32.1. The molecule has 0 saturated carbocycles. The van der Waals surface area contributed by atoms with Gasteiger partial charge in [0.05, 0.1) is 21.7 Å². The molecule has 4 rings (SSSR count). The van der Waals surface area contributed by atoms with Crippen molar-refractivity contribution >= 4 is 28.7 Å². The van der Waals surface area contributed by atoms with E-state index in [1.54, 1.807) is 47.8 Å². The van der Waals surface area contributed by atoms with E-state index in [0.29, 0.717) is 4.88 Å². The highest BCUT2D eigenvalue weighted by Crippen LogP contribution is 2.42. The number of aromatic amines is 1. The maximum Gasteiger partial charge on any atom is 0.417 e. The highest BCUT2D eigenvalue weighted by molar-refractivity contribution is 7.12. The molecular weight excluding hydrogens is 425 g/mol. The molecule has 0 fully saturated rings. The number of H-pyrrole nitrogens is 1. The lowest BCUT2D eigenvalue weighted by Gasteiger charge is -2.14. The van der Waals surface area contributed by atoms with E-state index >= 15 is 0 Å². The van der Waals surface area contributed by atoms with E-state index in [1.165, 1.54) is 18.2 Å². The predicted octanol–water partition coefficient (Wildman–Crippen LogP) is 5.81. The fourth-order valence-electron chi connectivity index (χ4n) is 3.41. The van der Waals surface area contributed by atoms with Gasteiger partial charge < -0.3 is 10.7 Å². The summed E-state index contributed by atoms with van der Waals surface area (Å²) in [6, 6.07) is 16.1. The summed E-state index contributed by atoms with van der Waals surface area (Å²) < 4.78 is 41.4. The molecule has 0 aliphatic rings. The Bertz CT molecular complexity index is 1260. The molecule has 2 aromatic carbocycles. The normalized spacial score (nSPS) is 11.5. The lowest BCUT2D eigenvalue weighted by atomic mass is 9.91. The van der Waals surface area contributed by atoms with Crippen LogP contribution in [-0.2, 0) is 6.18 Å². The summed E-state index contributed by atoms with van der Waals surface area (Å²) in [7, 11) is 0. The average Bonchev–Trinajstić information content (AvgIpc) is 3.41. The zero-order chi connectivity index (χ0) is 22.2. The van der Waals surface area contributed by atoms with Crippen LogP contribution in [-0.4, -0.2) is 16.6 Å². The summed E-state index contributed by atoms with van der Waals surface area (Å²) in [5.41, 5.74) is 4.58. The lowest BCUT2D eigenvalue weighted by molar-refractivity contribution is -0.137. The molecule has 4 nitrogen and oxygen atoms in total. The molecule has 0 saturated heterocycles. The molecule has 31 heavy (non-hydrogen) atoms. The predicted molar refractivity (Wildman–Crippen MR) is 113 cm³/mol. The fourth-order valence-corrected chi connectivity index (χ4v) is 4.08. The van der Waals surface area contributed by atoms with E-state index in [-0.39, 0.29) is 33.8 Å². The number of alkyl halides is 3. The van der Waals surface area contributed by atoms with Gasteiger partial charge in [0.15, 0.2) is 0 Å². The number of thiophene rings is 1. The van der Waals surface area contributed by atoms with Crippen LogP contribution in [0.25, 0.3) is 11.1 Å². The number of nitrogen functional groups attached to an aromatic ring is 1. The first kappa shape index (κ1) is 20.6. The van der Waals surface area contributed by atoms with Gasteiger partial charge in [-0.05, 0) is 23.1 Å². The van der Waals surface area contributed by atoms with Gasteiger partial charge in [-0.15, -0.1) is 11.3 Å². The Balaban J connectivity index is 2.02. The van der Waals surface area contributed by atoms with Crippen LogP contribution >= 0.6 is 11.3 Å². The largest absolute Gasteiger partial charge is 0.417 e. The van der Waals surface area contributed by atoms with Crippen molar-refractivity contribution in [3.8, 4) is 11.1 Å². The minimum atomic E-state index is -4.70. The van der Waals surface area contributed by atoms with E-state index in [2.05, 4.69) is 4.98 Å². The Morgan fingerprint density at radius 3 is 2.19 bits per heavy atom. The molecule has 0 amide bonds. The van der Waals surface area contributed by atoms with Gasteiger partial charge in [-0.25, -0.2) is 0 Å². The highest BCUT2D eigenvalue weighted by Gasteiger charge is 2.37. The zero-order valence-electron chi connectivity index (χ0n) is 15.9. The smallest absolute Gasteiger partial charge is 0.385 e. The Labute approximate surface area is 179 Å². The Hall–Kier alpha value is -3.65. The van der Waals surface area contributed by atoms with Crippen molar-refractivity contribution in [2.75, 3.05) is 5.73 Å². The van der Waals surface area contributed by atoms with Crippen LogP contribution in [0.5, 0.6) is 0 Å². The number of nitrogens with one attached hydrogen (secondary N) is 1. The van der Waals surface area contributed by atoms with Gasteiger partial charge >= 0.3 is 6.18 Å². The minimum Gasteiger partial charge on any atom is -0.385 e. The third kappa shape index (κ3) is 3.77. The van der Waals surface area contributed by atoms with E-state index in [0.717, 1.165) is 17.4 Å². The SMILES string of the molecule is Nc1[nH]c(C(=O)c2ccccc2)c(-c2ccccc2C(F)(F)F)c1C(=O)c1cccs1. The van der Waals surface area contributed by atoms with E-state index in [1.807, 2.05) is 0 Å². The quantitative estimate of drug-likeness (QED) is 0.385. The summed E-state index contributed by atoms with van der Waals surface area (Å²) in [5, 5.41) is 1.68. The van der Waals surface area contributed by atoms with Crippen LogP contribution in [0.3, 0.4) is 0 Å². The molecule has 0 radical (unpaired) electrons. The van der Waals surface area contributed by atoms with Gasteiger partial charge in [0.25, 0.3) is 0 Å². The number of ketones is 2. The van der Waals surface area contributed by atoms with Crippen LogP contribution in [0.1, 0.15) is 36.9 Å². The van der Waals surface area contributed by atoms with Crippen LogP contribution < -0.4 is 5.73 Å². The van der Waals surface area contributed by atoms with Crippen molar-refractivity contribution in [2.24, 2.45) is 0 Å². The molecular formula is C23H15F3N2O2S. The van der Waals surface area contributed by atoms with Crippen molar-refractivity contribution < 1.29 is 22.8 Å². The standard InChI is InChI=1S/C23H15F3N2O2S/c24-23(25,26)15-10-5-4-9-14(15)17-18(21(30)16-11-6-12-31-16)22(27)28-19(17)20(29)13-7-2-1-3-8-13/h1-12,28H,27H2. The van der Waals surface area contributed by atoms with Gasteiger partial charge in [-0.2, -0.15) is 13.2 Å². The summed E-state index contributed by atoms with van der Waals surface area (Å²) in [6.07, 6.45) is -4.70. The average molecular weight is 440 g/mol. The number of rotatable bonds is 5. The third-order valence-electron chi connectivity index (χ3n) is 4.77. The fraction of sp³-hybridized carbons (Fsp3) is 0.0435. The molecule has 0 aliphatic carbocycles. The number of carbonyl (C=O) groups excluding carboxylic acids is 2. The Kier molecular flexibility index (Phi) is 5.24. The number of hydrogen-bond acceptors (Lipinski definition) is 4. The van der Waals surface area contributed by atoms with E-state index in [9.17, 15) is 22.8 Å². The number of aromatic nitrogens is 1. The van der Waals surface area contributed by atoms with Gasteiger partial charge in [0.1, 0.15) is 5.82 Å². The molecule has 0 spiro atoms. The number of anilines is 1. The molecule has 4 aromatic rings. The van der Waals surface area contributed by atoms with E-state index in [4.69, 9.17) is 5.73 Å². The number of nitrogens with two attached hydrogens (primary N) is 1. The summed E-state index contributed by atoms with van der Waals surface area (Å²) in [6.45, 7) is 0. The van der Waals surface area contributed by atoms with Crippen molar-refractivity contribution in [1.29, 1.82) is 0 Å². The minimum absolute atomic E-state index is 0.154. The molecule has 156 valence electrons. The van der Waals surface area contributed by atoms with Gasteiger partial charge in [-0.1, -0.05) is 54.6 Å². The Morgan fingerprint density at radius 1 is 0.871 bits per heavy atom. The van der Waals surface area contributed by atoms with Crippen molar-refractivity contribution in [3.63, 3.8) is 0 Å². The van der Waals surface area contributed by atoms with Gasteiger partial charge in [0, 0.05) is 11.1 Å². The summed E-state index contributed by atoms with van der Waals surface area (Å²) in [4.78, 5) is 29.4. The maximum absolute atomic E-state index is 13.8. The van der Waals surface area contributed by atoms with Gasteiger partial charge in [0.2, 0.25) is 11.6 Å². The van der Waals surface area contributed by atoms with Gasteiger partial charge in [-0.3, -0.25) is 9.59 Å². The molecule has 3 N–H and O–H groups in total. The molecule has 0 bridgehead atoms. The third-order valence-corrected chi connectivity index (χ3v) is 5.63. The van der Waals surface area contributed by atoms with Crippen LogP contribution in [0.15, 0.2) is 72.1 Å². The first-order valence-corrected chi connectivity index (χ1v) is 10.0. The second-order valence-electron chi connectivity index (χ2n) is 6.71. The number of benzene rings is 2. The van der Waals surface area contributed by atoms with Crippen LogP contribution in [0.2, 0.25) is 0 Å². The molecule has 0 aliphatic heterocycles. The summed E-state index contributed by atoms with van der Waals surface area (Å²) in [5.74, 6) is -1.28. The van der Waals surface area contributed by atoms with Crippen LogP contribution in [0.4, 0.5) is 19.0 Å². The first-order chi connectivity index (χ1) is 14.8. The molecule has 0 unspecified atom stereocenters. The van der Waals surface area contributed by atoms with Crippen molar-refractivity contribution in [3.05, 3.63) is 99.4 Å². The summed E-state index contributed by atoms with van der Waals surface area (Å²) >= 11 is 1.14. The van der Waals surface area contributed by atoms with Crippen molar-refractivity contribution in [2.45, 2.75) is 6.18 Å².